The molecule has 216 valence electrons. The van der Waals surface area contributed by atoms with Crippen molar-refractivity contribution in [3.05, 3.63) is 100 Å². The predicted molar refractivity (Wildman–Crippen MR) is 166 cm³/mol. The number of aliphatic hydroxyl groups excluding tert-OH is 1. The molecule has 0 saturated carbocycles. The average molecular weight is 622 g/mol. The first kappa shape index (κ1) is 29.6. The van der Waals surface area contributed by atoms with Crippen molar-refractivity contribution in [1.82, 2.24) is 10.2 Å². The van der Waals surface area contributed by atoms with Gasteiger partial charge in [-0.1, -0.05) is 65.9 Å². The van der Waals surface area contributed by atoms with Gasteiger partial charge >= 0.3 is 5.91 Å². The van der Waals surface area contributed by atoms with Gasteiger partial charge in [0, 0.05) is 16.3 Å². The first-order valence-electron chi connectivity index (χ1n) is 13.4. The van der Waals surface area contributed by atoms with Gasteiger partial charge in [-0.25, -0.2) is 0 Å². The molecule has 0 aliphatic carbocycles. The smallest absolute Gasteiger partial charge is 0.301 e. The Kier molecular flexibility index (Phi) is 9.46. The Bertz CT molecular complexity index is 1610. The van der Waals surface area contributed by atoms with Gasteiger partial charge in [-0.15, -0.1) is 10.2 Å². The van der Waals surface area contributed by atoms with Crippen LogP contribution in [-0.2, 0) is 15.3 Å². The lowest BCUT2D eigenvalue weighted by molar-refractivity contribution is -0.132. The Labute approximate surface area is 257 Å². The molecule has 4 aromatic rings. The minimum absolute atomic E-state index is 0.0403. The zero-order valence-electron chi connectivity index (χ0n) is 23.0. The Morgan fingerprint density at radius 2 is 1.76 bits per heavy atom. The molecule has 11 heteroatoms. The summed E-state index contributed by atoms with van der Waals surface area (Å²) < 4.78 is 12.0. The van der Waals surface area contributed by atoms with E-state index in [0.717, 1.165) is 12.0 Å². The van der Waals surface area contributed by atoms with Crippen LogP contribution in [0.4, 0.5) is 5.13 Å². The number of ketones is 1. The number of carbonyl (C=O) groups is 2. The molecule has 1 saturated heterocycles. The fourth-order valence-electron chi connectivity index (χ4n) is 4.45. The molecule has 5 rings (SSSR count). The molecule has 0 bridgehead atoms. The number of benzene rings is 3. The van der Waals surface area contributed by atoms with Crippen LogP contribution < -0.4 is 14.4 Å². The monoisotopic (exact) mass is 621 g/mol. The van der Waals surface area contributed by atoms with Crippen LogP contribution in [0, 0.1) is 0 Å². The summed E-state index contributed by atoms with van der Waals surface area (Å²) in [6.45, 7) is 4.89. The molecule has 2 heterocycles. The quantitative estimate of drug-likeness (QED) is 0.0612. The van der Waals surface area contributed by atoms with E-state index in [1.807, 2.05) is 38.1 Å². The van der Waals surface area contributed by atoms with E-state index in [1.165, 1.54) is 28.0 Å². The number of halogens is 1. The Hall–Kier alpha value is -3.86. The van der Waals surface area contributed by atoms with Gasteiger partial charge in [-0.3, -0.25) is 14.5 Å². The number of Topliss-reactive ketones (excluding diaryl/α,β-unsaturated/α-hetero) is 1. The van der Waals surface area contributed by atoms with Crippen LogP contribution in [0.3, 0.4) is 0 Å². The second kappa shape index (κ2) is 13.4. The SMILES string of the molecule is CCCOc1ccc(C(O)=C2C(=O)C(=O)N(c3nnc(SCc4ccc(Cl)cc4)s3)C2c2cccc(OCC)c2)cc1. The van der Waals surface area contributed by atoms with Gasteiger partial charge in [0.2, 0.25) is 5.13 Å². The fourth-order valence-corrected chi connectivity index (χ4v) is 6.40. The Balaban J connectivity index is 1.52. The first-order valence-corrected chi connectivity index (χ1v) is 15.5. The fraction of sp³-hybridized carbons (Fsp3) is 0.226. The number of aliphatic hydroxyl groups is 1. The maximum atomic E-state index is 13.5. The van der Waals surface area contributed by atoms with Crippen molar-refractivity contribution in [3.63, 3.8) is 0 Å². The Morgan fingerprint density at radius 1 is 1.00 bits per heavy atom. The minimum Gasteiger partial charge on any atom is -0.507 e. The van der Waals surface area contributed by atoms with Crippen molar-refractivity contribution in [2.75, 3.05) is 18.1 Å². The molecular weight excluding hydrogens is 594 g/mol. The van der Waals surface area contributed by atoms with Gasteiger partial charge in [0.05, 0.1) is 24.8 Å². The second-order valence-corrected chi connectivity index (χ2v) is 11.9. The molecule has 1 fully saturated rings. The number of rotatable bonds is 11. The number of anilines is 1. The van der Waals surface area contributed by atoms with E-state index in [9.17, 15) is 14.7 Å². The maximum absolute atomic E-state index is 13.5. The van der Waals surface area contributed by atoms with E-state index in [4.69, 9.17) is 21.1 Å². The third kappa shape index (κ3) is 6.46. The molecule has 1 aliphatic heterocycles. The van der Waals surface area contributed by atoms with Gasteiger partial charge in [0.1, 0.15) is 17.3 Å². The van der Waals surface area contributed by atoms with Gasteiger partial charge in [-0.2, -0.15) is 0 Å². The minimum atomic E-state index is -0.941. The topological polar surface area (TPSA) is 102 Å². The van der Waals surface area contributed by atoms with Crippen LogP contribution in [-0.4, -0.2) is 40.2 Å². The molecule has 3 aromatic carbocycles. The van der Waals surface area contributed by atoms with Crippen molar-refractivity contribution in [1.29, 1.82) is 0 Å². The maximum Gasteiger partial charge on any atom is 0.301 e. The number of hydrogen-bond acceptors (Lipinski definition) is 9. The Morgan fingerprint density at radius 3 is 2.48 bits per heavy atom. The molecule has 1 atom stereocenters. The molecule has 1 aromatic heterocycles. The van der Waals surface area contributed by atoms with E-state index < -0.39 is 17.7 Å². The lowest BCUT2D eigenvalue weighted by atomic mass is 9.95. The summed E-state index contributed by atoms with van der Waals surface area (Å²) >= 11 is 8.66. The number of thioether (sulfide) groups is 1. The van der Waals surface area contributed by atoms with E-state index >= 15 is 0 Å². The van der Waals surface area contributed by atoms with E-state index in [-0.39, 0.29) is 16.5 Å². The predicted octanol–water partition coefficient (Wildman–Crippen LogP) is 7.30. The van der Waals surface area contributed by atoms with Gasteiger partial charge in [0.15, 0.2) is 4.34 Å². The van der Waals surface area contributed by atoms with Crippen LogP contribution >= 0.6 is 34.7 Å². The van der Waals surface area contributed by atoms with Crippen LogP contribution in [0.2, 0.25) is 5.02 Å². The summed E-state index contributed by atoms with van der Waals surface area (Å²) in [5.41, 5.74) is 2.00. The lowest BCUT2D eigenvalue weighted by Gasteiger charge is -2.23. The van der Waals surface area contributed by atoms with Crippen molar-refractivity contribution >= 4 is 57.3 Å². The number of aromatic nitrogens is 2. The number of amides is 1. The highest BCUT2D eigenvalue weighted by atomic mass is 35.5. The summed E-state index contributed by atoms with van der Waals surface area (Å²) in [5.74, 6) is -0.0382. The molecule has 42 heavy (non-hydrogen) atoms. The van der Waals surface area contributed by atoms with E-state index in [2.05, 4.69) is 10.2 Å². The molecule has 1 N–H and O–H groups in total. The number of ether oxygens (including phenoxy) is 2. The summed E-state index contributed by atoms with van der Waals surface area (Å²) in [4.78, 5) is 28.4. The second-order valence-electron chi connectivity index (χ2n) is 9.31. The number of hydrogen-bond donors (Lipinski definition) is 1. The molecule has 0 radical (unpaired) electrons. The molecule has 0 spiro atoms. The zero-order chi connectivity index (χ0) is 29.6. The molecular formula is C31H28ClN3O5S2. The summed E-state index contributed by atoms with van der Waals surface area (Å²) in [6.07, 6.45) is 0.860. The van der Waals surface area contributed by atoms with Crippen molar-refractivity contribution in [2.45, 2.75) is 36.4 Å². The van der Waals surface area contributed by atoms with Gasteiger partial charge in [0.25, 0.3) is 5.78 Å². The van der Waals surface area contributed by atoms with Crippen LogP contribution in [0.15, 0.2) is 82.7 Å². The normalized spacial score (nSPS) is 16.2. The summed E-state index contributed by atoms with van der Waals surface area (Å²) in [6, 6.07) is 20.5. The zero-order valence-corrected chi connectivity index (χ0v) is 25.3. The van der Waals surface area contributed by atoms with Gasteiger partial charge in [-0.05, 0) is 73.0 Å². The number of nitrogens with zero attached hydrogens (tertiary/aromatic N) is 3. The van der Waals surface area contributed by atoms with Crippen LogP contribution in [0.5, 0.6) is 11.5 Å². The average Bonchev–Trinajstić information content (AvgIpc) is 3.57. The molecule has 8 nitrogen and oxygen atoms in total. The highest BCUT2D eigenvalue weighted by molar-refractivity contribution is 8.00. The molecule has 1 amide bonds. The highest BCUT2D eigenvalue weighted by Gasteiger charge is 2.48. The van der Waals surface area contributed by atoms with E-state index in [1.54, 1.807) is 48.5 Å². The molecule has 1 unspecified atom stereocenters. The third-order valence-corrected chi connectivity index (χ3v) is 8.79. The van der Waals surface area contributed by atoms with Crippen molar-refractivity contribution < 1.29 is 24.2 Å². The van der Waals surface area contributed by atoms with Crippen molar-refractivity contribution in [3.8, 4) is 11.5 Å². The lowest BCUT2D eigenvalue weighted by Crippen LogP contribution is -2.29. The highest BCUT2D eigenvalue weighted by Crippen LogP contribution is 2.44. The standard InChI is InChI=1S/C31H28ClN3O5S2/c1-3-16-40-23-14-10-20(11-15-23)27(36)25-26(21-6-5-7-24(17-21)39-4-2)35(29(38)28(25)37)30-33-34-31(42-30)41-18-19-8-12-22(32)13-9-19/h5-15,17,26,36H,3-4,16,18H2,1-2H3. The summed E-state index contributed by atoms with van der Waals surface area (Å²) in [7, 11) is 0. The largest absolute Gasteiger partial charge is 0.507 e. The van der Waals surface area contributed by atoms with Crippen molar-refractivity contribution in [2.24, 2.45) is 0 Å². The first-order chi connectivity index (χ1) is 20.4. The number of carbonyl (C=O) groups excluding carboxylic acids is 2. The third-order valence-electron chi connectivity index (χ3n) is 6.41. The molecule has 1 aliphatic rings. The van der Waals surface area contributed by atoms with Crippen LogP contribution in [0.1, 0.15) is 43.0 Å². The summed E-state index contributed by atoms with van der Waals surface area (Å²) in [5, 5.41) is 20.9. The van der Waals surface area contributed by atoms with E-state index in [0.29, 0.717) is 51.0 Å². The van der Waals surface area contributed by atoms with Crippen LogP contribution in [0.25, 0.3) is 5.76 Å². The van der Waals surface area contributed by atoms with Gasteiger partial charge < -0.3 is 14.6 Å².